The van der Waals surface area contributed by atoms with Gasteiger partial charge in [0.1, 0.15) is 6.34 Å². The molecule has 0 heterocycles. The molecule has 2 N–H and O–H groups in total. The summed E-state index contributed by atoms with van der Waals surface area (Å²) in [6.07, 6.45) is 3.40. The van der Waals surface area contributed by atoms with E-state index in [2.05, 4.69) is 4.99 Å². The summed E-state index contributed by atoms with van der Waals surface area (Å²) in [6, 6.07) is 0.296. The second-order valence-corrected chi connectivity index (χ2v) is 3.01. The molecule has 0 saturated heterocycles. The maximum atomic E-state index is 5.56. The number of aliphatic imine (C=N–C) groups is 1. The van der Waals surface area contributed by atoms with Crippen molar-refractivity contribution >= 4 is 6.34 Å². The van der Waals surface area contributed by atoms with E-state index in [1.54, 1.807) is 17.5 Å². The van der Waals surface area contributed by atoms with E-state index >= 15 is 0 Å². The summed E-state index contributed by atoms with van der Waals surface area (Å²) in [6.45, 7) is 8.00. The molecule has 0 aromatic rings. The third-order valence-electron chi connectivity index (χ3n) is 1.13. The van der Waals surface area contributed by atoms with Crippen molar-refractivity contribution in [3.63, 3.8) is 0 Å². The molecule has 0 rings (SSSR count). The molecule has 0 amide bonds. The van der Waals surface area contributed by atoms with Gasteiger partial charge < -0.3 is 0 Å². The van der Waals surface area contributed by atoms with Crippen LogP contribution in [0.4, 0.5) is 0 Å². The number of nitrogens with zero attached hydrogens (tertiary/aromatic N) is 2. The van der Waals surface area contributed by atoms with Crippen molar-refractivity contribution in [1.29, 1.82) is 0 Å². The van der Waals surface area contributed by atoms with E-state index in [0.29, 0.717) is 6.04 Å². The predicted octanol–water partition coefficient (Wildman–Crippen LogP) is 1.52. The standard InChI is InChI=1S/C8H17N3/c1-7(2)5-10-6-11(9)8(3)4/h5-6,8H,9H2,1-4H3. The van der Waals surface area contributed by atoms with Gasteiger partial charge in [-0.25, -0.2) is 10.8 Å². The number of nitrogens with two attached hydrogens (primary N) is 1. The number of rotatable bonds is 3. The zero-order valence-corrected chi connectivity index (χ0v) is 7.70. The van der Waals surface area contributed by atoms with Gasteiger partial charge in [0.15, 0.2) is 0 Å². The highest BCUT2D eigenvalue weighted by Gasteiger charge is 1.95. The number of allylic oxidation sites excluding steroid dienone is 1. The molecule has 0 aliphatic carbocycles. The van der Waals surface area contributed by atoms with Crippen molar-refractivity contribution in [2.75, 3.05) is 0 Å². The van der Waals surface area contributed by atoms with Crippen LogP contribution in [0.1, 0.15) is 27.7 Å². The minimum absolute atomic E-state index is 0.296. The third-order valence-corrected chi connectivity index (χ3v) is 1.13. The van der Waals surface area contributed by atoms with Crippen LogP contribution in [0.15, 0.2) is 16.8 Å². The van der Waals surface area contributed by atoms with Crippen LogP contribution in [-0.4, -0.2) is 17.4 Å². The van der Waals surface area contributed by atoms with Crippen LogP contribution in [0.25, 0.3) is 0 Å². The molecular formula is C8H17N3. The monoisotopic (exact) mass is 155 g/mol. The summed E-state index contributed by atoms with van der Waals surface area (Å²) >= 11 is 0. The molecule has 3 heteroatoms. The third kappa shape index (κ3) is 5.61. The van der Waals surface area contributed by atoms with Crippen LogP contribution < -0.4 is 5.84 Å². The first kappa shape index (κ1) is 10.2. The van der Waals surface area contributed by atoms with Crippen molar-refractivity contribution < 1.29 is 0 Å². The van der Waals surface area contributed by atoms with Gasteiger partial charge in [0.25, 0.3) is 0 Å². The highest BCUT2D eigenvalue weighted by atomic mass is 15.4. The van der Waals surface area contributed by atoms with Crippen molar-refractivity contribution in [2.24, 2.45) is 10.8 Å². The van der Waals surface area contributed by atoms with Crippen molar-refractivity contribution in [1.82, 2.24) is 5.01 Å². The normalized spacial score (nSPS) is 10.7. The molecular weight excluding hydrogens is 138 g/mol. The Bertz CT molecular complexity index is 155. The summed E-state index contributed by atoms with van der Waals surface area (Å²) in [4.78, 5) is 4.01. The zero-order chi connectivity index (χ0) is 8.85. The number of hydrazine groups is 1. The van der Waals surface area contributed by atoms with Gasteiger partial charge in [-0.2, -0.15) is 0 Å². The molecule has 0 unspecified atom stereocenters. The van der Waals surface area contributed by atoms with Gasteiger partial charge in [-0.1, -0.05) is 5.57 Å². The van der Waals surface area contributed by atoms with E-state index in [-0.39, 0.29) is 0 Å². The second kappa shape index (κ2) is 4.91. The Kier molecular flexibility index (Phi) is 4.54. The van der Waals surface area contributed by atoms with Crippen LogP contribution in [0.3, 0.4) is 0 Å². The summed E-state index contributed by atoms with van der Waals surface area (Å²) < 4.78 is 0. The van der Waals surface area contributed by atoms with Gasteiger partial charge in [-0.05, 0) is 27.7 Å². The Balaban J connectivity index is 3.84. The minimum atomic E-state index is 0.296. The largest absolute Gasteiger partial charge is 0.298 e. The molecule has 0 saturated carbocycles. The fourth-order valence-electron chi connectivity index (χ4n) is 0.393. The quantitative estimate of drug-likeness (QED) is 0.290. The maximum absolute atomic E-state index is 5.56. The smallest absolute Gasteiger partial charge is 0.105 e. The molecule has 0 aromatic carbocycles. The Morgan fingerprint density at radius 2 is 2.00 bits per heavy atom. The predicted molar refractivity (Wildman–Crippen MR) is 49.1 cm³/mol. The summed E-state index contributed by atoms with van der Waals surface area (Å²) in [5.41, 5.74) is 1.17. The summed E-state index contributed by atoms with van der Waals surface area (Å²) in [7, 11) is 0. The van der Waals surface area contributed by atoms with Gasteiger partial charge in [-0.15, -0.1) is 0 Å². The Morgan fingerprint density at radius 1 is 1.45 bits per heavy atom. The van der Waals surface area contributed by atoms with E-state index < -0.39 is 0 Å². The Hall–Kier alpha value is -0.830. The van der Waals surface area contributed by atoms with Crippen molar-refractivity contribution in [2.45, 2.75) is 33.7 Å². The fourth-order valence-corrected chi connectivity index (χ4v) is 0.393. The molecule has 0 spiro atoms. The summed E-state index contributed by atoms with van der Waals surface area (Å²) in [5.74, 6) is 5.56. The molecule has 0 bridgehead atoms. The molecule has 0 atom stereocenters. The van der Waals surface area contributed by atoms with Gasteiger partial charge >= 0.3 is 0 Å². The number of hydrogen-bond acceptors (Lipinski definition) is 2. The highest BCUT2D eigenvalue weighted by Crippen LogP contribution is 1.89. The van der Waals surface area contributed by atoms with Crippen LogP contribution in [-0.2, 0) is 0 Å². The second-order valence-electron chi connectivity index (χ2n) is 3.01. The van der Waals surface area contributed by atoms with Crippen LogP contribution in [0.5, 0.6) is 0 Å². The first-order valence-corrected chi connectivity index (χ1v) is 3.73. The highest BCUT2D eigenvalue weighted by molar-refractivity contribution is 5.55. The zero-order valence-electron chi connectivity index (χ0n) is 7.70. The van der Waals surface area contributed by atoms with Crippen molar-refractivity contribution in [3.8, 4) is 0 Å². The number of hydrogen-bond donors (Lipinski definition) is 1. The molecule has 0 aliphatic rings. The minimum Gasteiger partial charge on any atom is -0.298 e. The van der Waals surface area contributed by atoms with Gasteiger partial charge in [0.05, 0.1) is 0 Å². The average molecular weight is 155 g/mol. The molecule has 11 heavy (non-hydrogen) atoms. The molecule has 0 radical (unpaired) electrons. The van der Waals surface area contributed by atoms with E-state index in [1.165, 1.54) is 5.57 Å². The van der Waals surface area contributed by atoms with Gasteiger partial charge in [0, 0.05) is 12.2 Å². The van der Waals surface area contributed by atoms with Crippen molar-refractivity contribution in [3.05, 3.63) is 11.8 Å². The topological polar surface area (TPSA) is 41.6 Å². The van der Waals surface area contributed by atoms with E-state index in [0.717, 1.165) is 0 Å². The van der Waals surface area contributed by atoms with E-state index in [1.807, 2.05) is 27.7 Å². The van der Waals surface area contributed by atoms with E-state index in [9.17, 15) is 0 Å². The Morgan fingerprint density at radius 3 is 2.36 bits per heavy atom. The van der Waals surface area contributed by atoms with Crippen LogP contribution in [0, 0.1) is 0 Å². The Labute approximate surface area is 68.6 Å². The lowest BCUT2D eigenvalue weighted by Crippen LogP contribution is -2.35. The first-order valence-electron chi connectivity index (χ1n) is 3.73. The summed E-state index contributed by atoms with van der Waals surface area (Å²) in [5, 5.41) is 1.57. The maximum Gasteiger partial charge on any atom is 0.105 e. The molecule has 0 aromatic heterocycles. The lowest BCUT2D eigenvalue weighted by atomic mass is 10.4. The fraction of sp³-hybridized carbons (Fsp3) is 0.625. The lowest BCUT2D eigenvalue weighted by Gasteiger charge is -2.15. The molecule has 64 valence electrons. The molecule has 0 fully saturated rings. The van der Waals surface area contributed by atoms with Crippen LogP contribution in [0.2, 0.25) is 0 Å². The first-order chi connectivity index (χ1) is 5.04. The molecule has 0 aliphatic heterocycles. The van der Waals surface area contributed by atoms with Gasteiger partial charge in [-0.3, -0.25) is 5.01 Å². The molecule has 3 nitrogen and oxygen atoms in total. The van der Waals surface area contributed by atoms with Crippen LogP contribution >= 0.6 is 0 Å². The SMILES string of the molecule is CC(C)=CN=CN(N)C(C)C. The average Bonchev–Trinajstić information content (AvgIpc) is 1.86. The van der Waals surface area contributed by atoms with Gasteiger partial charge in [0.2, 0.25) is 0 Å². The lowest BCUT2D eigenvalue weighted by molar-refractivity contribution is 0.375. The van der Waals surface area contributed by atoms with E-state index in [4.69, 9.17) is 5.84 Å².